The monoisotopic (exact) mass is 559 g/mol. The van der Waals surface area contributed by atoms with Gasteiger partial charge in [-0.15, -0.1) is 24.0 Å². The van der Waals surface area contributed by atoms with E-state index < -0.39 is 0 Å². The lowest BCUT2D eigenvalue weighted by Crippen LogP contribution is -2.30. The number of nitrogens with zero attached hydrogens (tertiary/aromatic N) is 3. The Bertz CT molecular complexity index is 961. The number of halogens is 2. The molecule has 0 unspecified atom stereocenters. The first kappa shape index (κ1) is 22.3. The minimum absolute atomic E-state index is 0. The second kappa shape index (κ2) is 10.5. The van der Waals surface area contributed by atoms with Gasteiger partial charge in [0.2, 0.25) is 0 Å². The fourth-order valence-electron chi connectivity index (χ4n) is 2.61. The molecule has 7 nitrogen and oxygen atoms in total. The molecular formula is C19H23BrIN5O2. The van der Waals surface area contributed by atoms with Crippen LogP contribution in [0.3, 0.4) is 0 Å². The van der Waals surface area contributed by atoms with E-state index >= 15 is 0 Å². The van der Waals surface area contributed by atoms with Gasteiger partial charge in [-0.1, -0.05) is 0 Å². The van der Waals surface area contributed by atoms with Gasteiger partial charge in [-0.05, 0) is 47.1 Å². The lowest BCUT2D eigenvalue weighted by atomic mass is 10.3. The lowest BCUT2D eigenvalue weighted by Gasteiger charge is -2.13. The number of imidazole rings is 1. The summed E-state index contributed by atoms with van der Waals surface area (Å²) in [7, 11) is 3.23. The van der Waals surface area contributed by atoms with E-state index in [4.69, 9.17) is 9.47 Å². The lowest BCUT2D eigenvalue weighted by molar-refractivity contribution is 0.355. The van der Waals surface area contributed by atoms with Crippen molar-refractivity contribution in [3.05, 3.63) is 52.9 Å². The van der Waals surface area contributed by atoms with Crippen molar-refractivity contribution in [3.63, 3.8) is 0 Å². The molecule has 150 valence electrons. The quantitative estimate of drug-likeness (QED) is 0.267. The summed E-state index contributed by atoms with van der Waals surface area (Å²) in [4.78, 5) is 9.22. The summed E-state index contributed by atoms with van der Waals surface area (Å²) < 4.78 is 13.6. The molecule has 0 atom stereocenters. The van der Waals surface area contributed by atoms with Crippen molar-refractivity contribution >= 4 is 57.2 Å². The summed E-state index contributed by atoms with van der Waals surface area (Å²) in [5.41, 5.74) is 2.63. The SMILES string of the molecule is CCNC(=NCc1cn2cc(Br)ccc2n1)Nc1ccc(OC)c(OC)c1.I. The molecule has 9 heteroatoms. The van der Waals surface area contributed by atoms with Crippen molar-refractivity contribution < 1.29 is 9.47 Å². The van der Waals surface area contributed by atoms with Gasteiger partial charge in [-0.25, -0.2) is 9.98 Å². The van der Waals surface area contributed by atoms with Crippen LogP contribution in [-0.2, 0) is 6.54 Å². The molecule has 0 aliphatic heterocycles. The van der Waals surface area contributed by atoms with Gasteiger partial charge in [0.1, 0.15) is 5.65 Å². The van der Waals surface area contributed by atoms with E-state index in [0.717, 1.165) is 28.0 Å². The number of hydrogen-bond acceptors (Lipinski definition) is 4. The number of pyridine rings is 1. The smallest absolute Gasteiger partial charge is 0.196 e. The number of aromatic nitrogens is 2. The highest BCUT2D eigenvalue weighted by Crippen LogP contribution is 2.29. The van der Waals surface area contributed by atoms with E-state index in [-0.39, 0.29) is 24.0 Å². The zero-order valence-electron chi connectivity index (χ0n) is 15.9. The number of fused-ring (bicyclic) bond motifs is 1. The van der Waals surface area contributed by atoms with Crippen LogP contribution in [0.4, 0.5) is 5.69 Å². The molecule has 2 heterocycles. The van der Waals surface area contributed by atoms with Crippen LogP contribution in [0.1, 0.15) is 12.6 Å². The summed E-state index contributed by atoms with van der Waals surface area (Å²) in [6.07, 6.45) is 3.95. The minimum atomic E-state index is 0. The zero-order chi connectivity index (χ0) is 19.2. The molecule has 2 aromatic heterocycles. The maximum absolute atomic E-state index is 5.35. The van der Waals surface area contributed by atoms with Crippen LogP contribution in [0, 0.1) is 0 Å². The van der Waals surface area contributed by atoms with Gasteiger partial charge in [-0.2, -0.15) is 0 Å². The Kier molecular flexibility index (Phi) is 8.36. The van der Waals surface area contributed by atoms with Crippen molar-refractivity contribution in [3.8, 4) is 11.5 Å². The summed E-state index contributed by atoms with van der Waals surface area (Å²) in [6, 6.07) is 9.57. The number of hydrogen-bond donors (Lipinski definition) is 2. The number of rotatable bonds is 6. The minimum Gasteiger partial charge on any atom is -0.493 e. The van der Waals surface area contributed by atoms with Crippen LogP contribution >= 0.6 is 39.9 Å². The van der Waals surface area contributed by atoms with Gasteiger partial charge in [0.05, 0.1) is 26.5 Å². The van der Waals surface area contributed by atoms with Gasteiger partial charge >= 0.3 is 0 Å². The standard InChI is InChI=1S/C19H22BrN5O2.HI/c1-4-21-19(24-14-6-7-16(26-2)17(9-14)27-3)22-10-15-12-25-11-13(20)5-8-18(25)23-15;/h5-9,11-12H,4,10H2,1-3H3,(H2,21,22,24);1H. The molecule has 0 bridgehead atoms. The van der Waals surface area contributed by atoms with Crippen LogP contribution in [0.25, 0.3) is 5.65 Å². The molecule has 3 aromatic rings. The molecule has 0 saturated carbocycles. The van der Waals surface area contributed by atoms with E-state index in [1.165, 1.54) is 0 Å². The third kappa shape index (κ3) is 5.51. The number of aliphatic imine (C=N–C) groups is 1. The Labute approximate surface area is 189 Å². The molecule has 0 fully saturated rings. The van der Waals surface area contributed by atoms with Crippen LogP contribution in [0.5, 0.6) is 11.5 Å². The first-order valence-corrected chi connectivity index (χ1v) is 9.32. The molecule has 0 spiro atoms. The molecule has 1 aromatic carbocycles. The first-order chi connectivity index (χ1) is 13.1. The number of anilines is 1. The highest BCUT2D eigenvalue weighted by molar-refractivity contribution is 14.0. The third-order valence-corrected chi connectivity index (χ3v) is 4.32. The summed E-state index contributed by atoms with van der Waals surface area (Å²) in [6.45, 7) is 3.23. The average molecular weight is 560 g/mol. The Balaban J connectivity index is 0.00000280. The molecule has 0 amide bonds. The Hall–Kier alpha value is -2.01. The van der Waals surface area contributed by atoms with Gasteiger partial charge in [0, 0.05) is 35.2 Å². The molecule has 28 heavy (non-hydrogen) atoms. The number of methoxy groups -OCH3 is 2. The molecule has 0 saturated heterocycles. The van der Waals surface area contributed by atoms with Gasteiger partial charge in [-0.3, -0.25) is 0 Å². The molecule has 0 aliphatic rings. The first-order valence-electron chi connectivity index (χ1n) is 8.53. The molecule has 3 rings (SSSR count). The predicted octanol–water partition coefficient (Wildman–Crippen LogP) is 4.31. The highest BCUT2D eigenvalue weighted by atomic mass is 127. The van der Waals surface area contributed by atoms with E-state index in [9.17, 15) is 0 Å². The van der Waals surface area contributed by atoms with Crippen LogP contribution in [0.2, 0.25) is 0 Å². The fraction of sp³-hybridized carbons (Fsp3) is 0.263. The maximum atomic E-state index is 5.35. The van der Waals surface area contributed by atoms with Crippen LogP contribution in [-0.4, -0.2) is 36.1 Å². The maximum Gasteiger partial charge on any atom is 0.196 e. The van der Waals surface area contributed by atoms with Crippen LogP contribution < -0.4 is 20.1 Å². The van der Waals surface area contributed by atoms with E-state index in [0.29, 0.717) is 24.0 Å². The fourth-order valence-corrected chi connectivity index (χ4v) is 2.96. The van der Waals surface area contributed by atoms with Gasteiger partial charge < -0.3 is 24.5 Å². The van der Waals surface area contributed by atoms with E-state index in [1.54, 1.807) is 14.2 Å². The van der Waals surface area contributed by atoms with Crippen molar-refractivity contribution in [1.29, 1.82) is 0 Å². The molecule has 2 N–H and O–H groups in total. The van der Waals surface area contributed by atoms with E-state index in [1.807, 2.05) is 54.0 Å². The van der Waals surface area contributed by atoms with Gasteiger partial charge in [0.25, 0.3) is 0 Å². The average Bonchev–Trinajstić information content (AvgIpc) is 3.08. The normalized spacial score (nSPS) is 11.1. The summed E-state index contributed by atoms with van der Waals surface area (Å²) in [5, 5.41) is 6.52. The van der Waals surface area contributed by atoms with Crippen molar-refractivity contribution in [2.45, 2.75) is 13.5 Å². The summed E-state index contributed by atoms with van der Waals surface area (Å²) >= 11 is 3.47. The summed E-state index contributed by atoms with van der Waals surface area (Å²) in [5.74, 6) is 2.01. The van der Waals surface area contributed by atoms with Crippen LogP contribution in [0.15, 0.2) is 52.2 Å². The Morgan fingerprint density at radius 2 is 1.93 bits per heavy atom. The number of benzene rings is 1. The second-order valence-electron chi connectivity index (χ2n) is 5.73. The third-order valence-electron chi connectivity index (χ3n) is 3.85. The molecular weight excluding hydrogens is 537 g/mol. The van der Waals surface area contributed by atoms with E-state index in [2.05, 4.69) is 36.5 Å². The van der Waals surface area contributed by atoms with Crippen molar-refractivity contribution in [2.75, 3.05) is 26.1 Å². The van der Waals surface area contributed by atoms with Crippen molar-refractivity contribution in [1.82, 2.24) is 14.7 Å². The second-order valence-corrected chi connectivity index (χ2v) is 6.65. The Morgan fingerprint density at radius 3 is 2.64 bits per heavy atom. The number of ether oxygens (including phenoxy) is 2. The van der Waals surface area contributed by atoms with Crippen molar-refractivity contribution in [2.24, 2.45) is 4.99 Å². The zero-order valence-corrected chi connectivity index (χ0v) is 19.8. The largest absolute Gasteiger partial charge is 0.493 e. The molecule has 0 radical (unpaired) electrons. The van der Waals surface area contributed by atoms with Gasteiger partial charge in [0.15, 0.2) is 17.5 Å². The number of nitrogens with one attached hydrogen (secondary N) is 2. The highest BCUT2D eigenvalue weighted by Gasteiger charge is 2.07. The Morgan fingerprint density at radius 1 is 1.14 bits per heavy atom. The number of guanidine groups is 1. The molecule has 0 aliphatic carbocycles. The predicted molar refractivity (Wildman–Crippen MR) is 126 cm³/mol. The topological polar surface area (TPSA) is 72.2 Å².